The zero-order chi connectivity index (χ0) is 12.3. The average Bonchev–Trinajstić information content (AvgIpc) is 2.30. The molecule has 0 amide bonds. The summed E-state index contributed by atoms with van der Waals surface area (Å²) in [6.45, 7) is 5.22. The Morgan fingerprint density at radius 1 is 1.29 bits per heavy atom. The van der Waals surface area contributed by atoms with E-state index in [4.69, 9.17) is 11.6 Å². The van der Waals surface area contributed by atoms with Gasteiger partial charge in [-0.3, -0.25) is 5.43 Å². The number of nitrogens with one attached hydrogen (secondary N) is 1. The van der Waals surface area contributed by atoms with Gasteiger partial charge in [0.2, 0.25) is 0 Å². The fourth-order valence-electron chi connectivity index (χ4n) is 1.83. The summed E-state index contributed by atoms with van der Waals surface area (Å²) in [7, 11) is 2.16. The summed E-state index contributed by atoms with van der Waals surface area (Å²) in [5.74, 6) is 0. The van der Waals surface area contributed by atoms with Gasteiger partial charge in [-0.1, -0.05) is 33.6 Å². The van der Waals surface area contributed by atoms with Crippen molar-refractivity contribution in [3.63, 3.8) is 0 Å². The zero-order valence-electron chi connectivity index (χ0n) is 9.92. The van der Waals surface area contributed by atoms with Gasteiger partial charge >= 0.3 is 0 Å². The zero-order valence-corrected chi connectivity index (χ0v) is 12.3. The van der Waals surface area contributed by atoms with Crippen LogP contribution in [0.5, 0.6) is 0 Å². The second kappa shape index (κ2) is 6.16. The maximum absolute atomic E-state index is 5.92. The lowest BCUT2D eigenvalue weighted by Gasteiger charge is -2.32. The summed E-state index contributed by atoms with van der Waals surface area (Å²) in [5, 5.41) is 3.04. The molecule has 0 aromatic heterocycles. The molecule has 2 rings (SSSR count). The Morgan fingerprint density at radius 2 is 2.00 bits per heavy atom. The van der Waals surface area contributed by atoms with Gasteiger partial charge in [-0.15, -0.1) is 0 Å². The Balaban J connectivity index is 1.85. The normalized spacial score (nSPS) is 18.5. The number of rotatable bonds is 3. The molecule has 0 unspecified atom stereocenters. The summed E-state index contributed by atoms with van der Waals surface area (Å²) < 4.78 is 1.06. The van der Waals surface area contributed by atoms with E-state index in [0.717, 1.165) is 42.2 Å². The minimum Gasteiger partial charge on any atom is -0.304 e. The summed E-state index contributed by atoms with van der Waals surface area (Å²) >= 11 is 9.45. The predicted octanol–water partition coefficient (Wildman–Crippen LogP) is 2.35. The third kappa shape index (κ3) is 3.93. The minimum absolute atomic E-state index is 0.764. The van der Waals surface area contributed by atoms with Crippen LogP contribution < -0.4 is 5.43 Å². The second-order valence-corrected chi connectivity index (χ2v) is 5.65. The molecule has 1 saturated heterocycles. The van der Waals surface area contributed by atoms with Crippen LogP contribution >= 0.6 is 27.5 Å². The minimum atomic E-state index is 0.764. The van der Waals surface area contributed by atoms with Crippen LogP contribution in [0.4, 0.5) is 0 Å². The summed E-state index contributed by atoms with van der Waals surface area (Å²) in [5.41, 5.74) is 4.68. The summed E-state index contributed by atoms with van der Waals surface area (Å²) in [4.78, 5) is 2.34. The molecule has 1 aromatic rings. The summed E-state index contributed by atoms with van der Waals surface area (Å²) in [6, 6.07) is 5.91. The molecule has 1 aliphatic rings. The molecule has 3 nitrogen and oxygen atoms in total. The molecule has 0 atom stereocenters. The molecule has 17 heavy (non-hydrogen) atoms. The Morgan fingerprint density at radius 3 is 2.65 bits per heavy atom. The van der Waals surface area contributed by atoms with Gasteiger partial charge in [0, 0.05) is 42.2 Å². The molecule has 0 spiro atoms. The van der Waals surface area contributed by atoms with Gasteiger partial charge in [-0.05, 0) is 24.7 Å². The highest BCUT2D eigenvalue weighted by molar-refractivity contribution is 9.10. The highest BCUT2D eigenvalue weighted by Gasteiger charge is 2.13. The molecule has 0 radical (unpaired) electrons. The number of nitrogens with zero attached hydrogens (tertiary/aromatic N) is 2. The van der Waals surface area contributed by atoms with Crippen LogP contribution in [0.3, 0.4) is 0 Å². The lowest BCUT2D eigenvalue weighted by molar-refractivity contribution is 0.102. The molecule has 1 fully saturated rings. The van der Waals surface area contributed by atoms with Crippen molar-refractivity contribution in [3.05, 3.63) is 33.3 Å². The molecule has 0 bridgehead atoms. The van der Waals surface area contributed by atoms with Crippen molar-refractivity contribution in [2.24, 2.45) is 0 Å². The van der Waals surface area contributed by atoms with E-state index in [1.165, 1.54) is 5.56 Å². The number of benzene rings is 1. The SMILES string of the molecule is CN1CCN(NCc2ccc(Cl)cc2Br)CC1. The Labute approximate surface area is 116 Å². The van der Waals surface area contributed by atoms with Crippen molar-refractivity contribution in [2.75, 3.05) is 33.2 Å². The van der Waals surface area contributed by atoms with Crippen molar-refractivity contribution < 1.29 is 0 Å². The smallest absolute Gasteiger partial charge is 0.0417 e. The van der Waals surface area contributed by atoms with Crippen molar-refractivity contribution in [3.8, 4) is 0 Å². The molecule has 1 N–H and O–H groups in total. The molecule has 1 aliphatic heterocycles. The number of hydrogen-bond acceptors (Lipinski definition) is 3. The van der Waals surface area contributed by atoms with E-state index in [1.54, 1.807) is 0 Å². The maximum Gasteiger partial charge on any atom is 0.0417 e. The van der Waals surface area contributed by atoms with Crippen LogP contribution in [-0.2, 0) is 6.54 Å². The monoisotopic (exact) mass is 317 g/mol. The van der Waals surface area contributed by atoms with Crippen LogP contribution in [0.2, 0.25) is 5.02 Å². The van der Waals surface area contributed by atoms with Gasteiger partial charge < -0.3 is 4.90 Å². The predicted molar refractivity (Wildman–Crippen MR) is 75.1 cm³/mol. The second-order valence-electron chi connectivity index (χ2n) is 4.36. The highest BCUT2D eigenvalue weighted by Crippen LogP contribution is 2.21. The molecular weight excluding hydrogens is 302 g/mol. The number of halogens is 2. The van der Waals surface area contributed by atoms with Crippen molar-refractivity contribution in [1.82, 2.24) is 15.3 Å². The third-order valence-corrected chi connectivity index (χ3v) is 3.98. The lowest BCUT2D eigenvalue weighted by Crippen LogP contribution is -2.50. The van der Waals surface area contributed by atoms with Gasteiger partial charge in [0.1, 0.15) is 0 Å². The first kappa shape index (κ1) is 13.3. The first-order valence-electron chi connectivity index (χ1n) is 5.76. The molecule has 1 heterocycles. The van der Waals surface area contributed by atoms with Crippen molar-refractivity contribution >= 4 is 27.5 Å². The molecule has 0 aliphatic carbocycles. The number of hydrogen-bond donors (Lipinski definition) is 1. The highest BCUT2D eigenvalue weighted by atomic mass is 79.9. The summed E-state index contributed by atoms with van der Waals surface area (Å²) in [6.07, 6.45) is 0. The molecule has 5 heteroatoms. The number of likely N-dealkylation sites (N-methyl/N-ethyl adjacent to an activating group) is 1. The van der Waals surface area contributed by atoms with E-state index < -0.39 is 0 Å². The van der Waals surface area contributed by atoms with Gasteiger partial charge in [-0.25, -0.2) is 5.01 Å². The quantitative estimate of drug-likeness (QED) is 0.923. The Bertz CT molecular complexity index is 378. The van der Waals surface area contributed by atoms with E-state index >= 15 is 0 Å². The van der Waals surface area contributed by atoms with E-state index in [9.17, 15) is 0 Å². The fraction of sp³-hybridized carbons (Fsp3) is 0.500. The number of piperazine rings is 1. The van der Waals surface area contributed by atoms with E-state index in [1.807, 2.05) is 12.1 Å². The standard InChI is InChI=1S/C12H17BrClN3/c1-16-4-6-17(7-5-16)15-9-10-2-3-11(14)8-12(10)13/h2-3,8,15H,4-7,9H2,1H3. The van der Waals surface area contributed by atoms with Crippen LogP contribution in [-0.4, -0.2) is 43.1 Å². The third-order valence-electron chi connectivity index (χ3n) is 3.01. The van der Waals surface area contributed by atoms with Crippen LogP contribution in [0.1, 0.15) is 5.56 Å². The fourth-order valence-corrected chi connectivity index (χ4v) is 2.65. The van der Waals surface area contributed by atoms with Crippen LogP contribution in [0.15, 0.2) is 22.7 Å². The van der Waals surface area contributed by atoms with Crippen molar-refractivity contribution in [2.45, 2.75) is 6.54 Å². The first-order valence-corrected chi connectivity index (χ1v) is 6.93. The van der Waals surface area contributed by atoms with Crippen LogP contribution in [0, 0.1) is 0 Å². The van der Waals surface area contributed by atoms with E-state index in [-0.39, 0.29) is 0 Å². The molecular formula is C12H17BrClN3. The topological polar surface area (TPSA) is 18.5 Å². The molecule has 1 aromatic carbocycles. The van der Waals surface area contributed by atoms with E-state index in [0.29, 0.717) is 0 Å². The van der Waals surface area contributed by atoms with Gasteiger partial charge in [0.25, 0.3) is 0 Å². The number of hydrazine groups is 1. The first-order chi connectivity index (χ1) is 8.15. The van der Waals surface area contributed by atoms with Gasteiger partial charge in [0.15, 0.2) is 0 Å². The average molecular weight is 319 g/mol. The van der Waals surface area contributed by atoms with E-state index in [2.05, 4.69) is 44.4 Å². The molecule has 0 saturated carbocycles. The lowest BCUT2D eigenvalue weighted by atomic mass is 10.2. The largest absolute Gasteiger partial charge is 0.304 e. The Hall–Kier alpha value is -0.130. The van der Waals surface area contributed by atoms with Gasteiger partial charge in [0.05, 0.1) is 0 Å². The Kier molecular flexibility index (Phi) is 4.82. The van der Waals surface area contributed by atoms with Gasteiger partial charge in [-0.2, -0.15) is 0 Å². The molecule has 94 valence electrons. The maximum atomic E-state index is 5.92. The van der Waals surface area contributed by atoms with Crippen LogP contribution in [0.25, 0.3) is 0 Å². The van der Waals surface area contributed by atoms with Crippen molar-refractivity contribution in [1.29, 1.82) is 0 Å².